The van der Waals surface area contributed by atoms with Crippen LogP contribution in [0.4, 0.5) is 5.82 Å². The Hall–Kier alpha value is -2.11. The van der Waals surface area contributed by atoms with Crippen molar-refractivity contribution >= 4 is 5.82 Å². The number of aryl methyl sites for hydroxylation is 1. The maximum absolute atomic E-state index is 5.01. The van der Waals surface area contributed by atoms with Crippen LogP contribution in [0.5, 0.6) is 5.88 Å². The second-order valence-electron chi connectivity index (χ2n) is 3.15. The Morgan fingerprint density at radius 2 is 2.25 bits per heavy atom. The minimum absolute atomic E-state index is 0.470. The van der Waals surface area contributed by atoms with Gasteiger partial charge >= 0.3 is 0 Å². The molecule has 0 radical (unpaired) electrons. The van der Waals surface area contributed by atoms with Crippen molar-refractivity contribution < 1.29 is 9.26 Å². The van der Waals surface area contributed by atoms with Crippen LogP contribution in [-0.4, -0.2) is 22.2 Å². The lowest BCUT2D eigenvalue weighted by Crippen LogP contribution is -2.03. The van der Waals surface area contributed by atoms with E-state index < -0.39 is 0 Å². The van der Waals surface area contributed by atoms with Crippen LogP contribution in [0, 0.1) is 6.92 Å². The molecule has 0 aromatic carbocycles. The fourth-order valence-corrected chi connectivity index (χ4v) is 1.21. The summed E-state index contributed by atoms with van der Waals surface area (Å²) in [6.45, 7) is 2.22. The standard InChI is InChI=1S/C10H12N4O2/c1-7-12-9(14-16-7)6-11-8-4-3-5-10(13-8)15-2/h3-5H,6H2,1-2H3,(H,11,13). The van der Waals surface area contributed by atoms with Crippen LogP contribution in [0.3, 0.4) is 0 Å². The van der Waals surface area contributed by atoms with Gasteiger partial charge in [-0.2, -0.15) is 9.97 Å². The molecule has 6 nitrogen and oxygen atoms in total. The fourth-order valence-electron chi connectivity index (χ4n) is 1.21. The lowest BCUT2D eigenvalue weighted by Gasteiger charge is -2.04. The Bertz CT molecular complexity index is 469. The minimum Gasteiger partial charge on any atom is -0.481 e. The minimum atomic E-state index is 0.470. The summed E-state index contributed by atoms with van der Waals surface area (Å²) in [7, 11) is 1.58. The Labute approximate surface area is 92.7 Å². The normalized spacial score (nSPS) is 10.1. The molecule has 0 spiro atoms. The van der Waals surface area contributed by atoms with Crippen LogP contribution in [0.1, 0.15) is 11.7 Å². The summed E-state index contributed by atoms with van der Waals surface area (Å²) in [4.78, 5) is 8.26. The van der Waals surface area contributed by atoms with Gasteiger partial charge in [-0.05, 0) is 6.07 Å². The molecule has 0 amide bonds. The molecular weight excluding hydrogens is 208 g/mol. The van der Waals surface area contributed by atoms with Gasteiger partial charge in [0, 0.05) is 13.0 Å². The first kappa shape index (κ1) is 10.4. The van der Waals surface area contributed by atoms with E-state index >= 15 is 0 Å². The highest BCUT2D eigenvalue weighted by molar-refractivity contribution is 5.36. The van der Waals surface area contributed by atoms with Gasteiger partial charge in [0.05, 0.1) is 13.7 Å². The van der Waals surface area contributed by atoms with Crippen LogP contribution in [0.25, 0.3) is 0 Å². The van der Waals surface area contributed by atoms with Crippen molar-refractivity contribution in [2.24, 2.45) is 0 Å². The molecule has 0 unspecified atom stereocenters. The molecule has 2 aromatic rings. The lowest BCUT2D eigenvalue weighted by atomic mass is 10.4. The molecule has 0 bridgehead atoms. The molecule has 0 fully saturated rings. The van der Waals surface area contributed by atoms with E-state index in [4.69, 9.17) is 9.26 Å². The van der Waals surface area contributed by atoms with E-state index in [-0.39, 0.29) is 0 Å². The molecule has 0 atom stereocenters. The summed E-state index contributed by atoms with van der Waals surface area (Å²) in [6, 6.07) is 5.48. The second kappa shape index (κ2) is 4.61. The van der Waals surface area contributed by atoms with Crippen LogP contribution < -0.4 is 10.1 Å². The van der Waals surface area contributed by atoms with Crippen molar-refractivity contribution in [2.45, 2.75) is 13.5 Å². The smallest absolute Gasteiger partial charge is 0.223 e. The highest BCUT2D eigenvalue weighted by Crippen LogP contribution is 2.11. The van der Waals surface area contributed by atoms with E-state index in [1.54, 1.807) is 20.1 Å². The van der Waals surface area contributed by atoms with Crippen molar-refractivity contribution in [2.75, 3.05) is 12.4 Å². The number of methoxy groups -OCH3 is 1. The molecule has 0 saturated heterocycles. The number of ether oxygens (including phenoxy) is 1. The quantitative estimate of drug-likeness (QED) is 0.839. The number of aromatic nitrogens is 3. The van der Waals surface area contributed by atoms with Gasteiger partial charge in [-0.15, -0.1) is 0 Å². The van der Waals surface area contributed by atoms with Crippen LogP contribution in [0.15, 0.2) is 22.7 Å². The van der Waals surface area contributed by atoms with E-state index in [1.165, 1.54) is 0 Å². The number of anilines is 1. The summed E-state index contributed by atoms with van der Waals surface area (Å²) in [5.41, 5.74) is 0. The Morgan fingerprint density at radius 3 is 2.94 bits per heavy atom. The van der Waals surface area contributed by atoms with E-state index in [9.17, 15) is 0 Å². The Balaban J connectivity index is 1.99. The zero-order valence-electron chi connectivity index (χ0n) is 9.10. The van der Waals surface area contributed by atoms with Gasteiger partial charge in [-0.1, -0.05) is 11.2 Å². The van der Waals surface area contributed by atoms with E-state index in [1.807, 2.05) is 12.1 Å². The van der Waals surface area contributed by atoms with Crippen LogP contribution >= 0.6 is 0 Å². The predicted molar refractivity (Wildman–Crippen MR) is 57.2 cm³/mol. The van der Waals surface area contributed by atoms with Crippen molar-refractivity contribution in [3.8, 4) is 5.88 Å². The molecule has 2 aromatic heterocycles. The van der Waals surface area contributed by atoms with Gasteiger partial charge in [0.2, 0.25) is 11.8 Å². The largest absolute Gasteiger partial charge is 0.481 e. The average Bonchev–Trinajstić information content (AvgIpc) is 2.73. The third-order valence-electron chi connectivity index (χ3n) is 1.93. The third-order valence-corrected chi connectivity index (χ3v) is 1.93. The number of nitrogens with one attached hydrogen (secondary N) is 1. The maximum atomic E-state index is 5.01. The number of rotatable bonds is 4. The van der Waals surface area contributed by atoms with Crippen LogP contribution in [0.2, 0.25) is 0 Å². The summed E-state index contributed by atoms with van der Waals surface area (Å²) >= 11 is 0. The average molecular weight is 220 g/mol. The SMILES string of the molecule is COc1cccc(NCc2noc(C)n2)n1. The molecule has 6 heteroatoms. The molecule has 2 rings (SSSR count). The van der Waals surface area contributed by atoms with Gasteiger partial charge < -0.3 is 14.6 Å². The maximum Gasteiger partial charge on any atom is 0.223 e. The fraction of sp³-hybridized carbons (Fsp3) is 0.300. The van der Waals surface area contributed by atoms with Crippen molar-refractivity contribution in [3.63, 3.8) is 0 Å². The number of hydrogen-bond acceptors (Lipinski definition) is 6. The highest BCUT2D eigenvalue weighted by atomic mass is 16.5. The number of nitrogens with zero attached hydrogens (tertiary/aromatic N) is 3. The van der Waals surface area contributed by atoms with Gasteiger partial charge in [-0.25, -0.2) is 0 Å². The first-order valence-electron chi connectivity index (χ1n) is 4.82. The number of pyridine rings is 1. The zero-order chi connectivity index (χ0) is 11.4. The number of hydrogen-bond donors (Lipinski definition) is 1. The molecule has 2 heterocycles. The van der Waals surface area contributed by atoms with Crippen molar-refractivity contribution in [3.05, 3.63) is 29.9 Å². The van der Waals surface area contributed by atoms with E-state index in [0.29, 0.717) is 30.0 Å². The topological polar surface area (TPSA) is 73.1 Å². The van der Waals surface area contributed by atoms with Gasteiger partial charge in [0.25, 0.3) is 0 Å². The van der Waals surface area contributed by atoms with Crippen molar-refractivity contribution in [1.82, 2.24) is 15.1 Å². The van der Waals surface area contributed by atoms with Gasteiger partial charge in [0.15, 0.2) is 5.82 Å². The van der Waals surface area contributed by atoms with Gasteiger partial charge in [-0.3, -0.25) is 0 Å². The van der Waals surface area contributed by atoms with Gasteiger partial charge in [0.1, 0.15) is 5.82 Å². The summed E-state index contributed by atoms with van der Waals surface area (Å²) in [5.74, 6) is 2.42. The molecule has 0 saturated carbocycles. The molecule has 84 valence electrons. The second-order valence-corrected chi connectivity index (χ2v) is 3.15. The summed E-state index contributed by atoms with van der Waals surface area (Å²) in [5, 5.41) is 6.84. The van der Waals surface area contributed by atoms with E-state index in [2.05, 4.69) is 20.4 Å². The summed E-state index contributed by atoms with van der Waals surface area (Å²) < 4.78 is 9.86. The monoisotopic (exact) mass is 220 g/mol. The molecule has 0 aliphatic heterocycles. The predicted octanol–water partition coefficient (Wildman–Crippen LogP) is 1.39. The Morgan fingerprint density at radius 1 is 1.38 bits per heavy atom. The molecule has 1 N–H and O–H groups in total. The lowest BCUT2D eigenvalue weighted by molar-refractivity contribution is 0.388. The van der Waals surface area contributed by atoms with E-state index in [0.717, 1.165) is 0 Å². The molecule has 0 aliphatic carbocycles. The highest BCUT2D eigenvalue weighted by Gasteiger charge is 2.02. The zero-order valence-corrected chi connectivity index (χ0v) is 9.10. The van der Waals surface area contributed by atoms with Crippen molar-refractivity contribution in [1.29, 1.82) is 0 Å². The first-order valence-corrected chi connectivity index (χ1v) is 4.82. The Kier molecular flexibility index (Phi) is 3.00. The van der Waals surface area contributed by atoms with Crippen LogP contribution in [-0.2, 0) is 6.54 Å². The molecule has 0 aliphatic rings. The first-order chi connectivity index (χ1) is 7.78. The third kappa shape index (κ3) is 2.47. The summed E-state index contributed by atoms with van der Waals surface area (Å²) in [6.07, 6.45) is 0. The molecule has 16 heavy (non-hydrogen) atoms. The molecular formula is C10H12N4O2.